The van der Waals surface area contributed by atoms with E-state index in [4.69, 9.17) is 10.5 Å². The van der Waals surface area contributed by atoms with E-state index in [9.17, 15) is 4.79 Å². The van der Waals surface area contributed by atoms with Crippen LogP contribution in [-0.2, 0) is 9.53 Å². The van der Waals surface area contributed by atoms with Crippen molar-refractivity contribution in [3.05, 3.63) is 12.2 Å². The number of rotatable bonds is 4. The number of hydrogen-bond donors (Lipinski definition) is 1. The Morgan fingerprint density at radius 2 is 2.23 bits per heavy atom. The number of carbonyl (C=O) groups is 1. The maximum absolute atomic E-state index is 10.4. The third-order valence-electron chi connectivity index (χ3n) is 2.49. The van der Waals surface area contributed by atoms with Gasteiger partial charge in [0.1, 0.15) is 6.61 Å². The van der Waals surface area contributed by atoms with E-state index in [1.165, 1.54) is 0 Å². The van der Waals surface area contributed by atoms with Crippen LogP contribution in [0.25, 0.3) is 0 Å². The molecule has 0 aliphatic heterocycles. The van der Waals surface area contributed by atoms with Crippen molar-refractivity contribution >= 4 is 5.91 Å². The summed E-state index contributed by atoms with van der Waals surface area (Å²) in [6, 6.07) is 0. The molecule has 2 unspecified atom stereocenters. The molecule has 3 nitrogen and oxygen atoms in total. The number of carbonyl (C=O) groups excluding carboxylic acids is 1. The van der Waals surface area contributed by atoms with Gasteiger partial charge in [-0.1, -0.05) is 19.1 Å². The summed E-state index contributed by atoms with van der Waals surface area (Å²) in [6.07, 6.45) is 6.55. The Labute approximate surface area is 78.9 Å². The number of primary amides is 1. The maximum atomic E-state index is 10.4. The molecular formula is C10H17NO2. The first-order chi connectivity index (χ1) is 6.20. The molecule has 1 aliphatic rings. The average molecular weight is 183 g/mol. The molecule has 2 N–H and O–H groups in total. The van der Waals surface area contributed by atoms with Crippen molar-refractivity contribution in [3.63, 3.8) is 0 Å². The third-order valence-corrected chi connectivity index (χ3v) is 2.49. The standard InChI is InChI=1S/C10H17NO2/c1-8-4-2-3-5-9(8)6-13-7-10(11)12/h2-3,8-9H,4-7H2,1H3,(H2,11,12). The lowest BCUT2D eigenvalue weighted by Crippen LogP contribution is -2.24. The molecule has 1 amide bonds. The minimum atomic E-state index is -0.390. The highest BCUT2D eigenvalue weighted by Gasteiger charge is 2.18. The van der Waals surface area contributed by atoms with Gasteiger partial charge in [-0.2, -0.15) is 0 Å². The Hall–Kier alpha value is -0.830. The molecule has 0 aromatic heterocycles. The summed E-state index contributed by atoms with van der Waals surface area (Å²) in [7, 11) is 0. The Morgan fingerprint density at radius 1 is 1.54 bits per heavy atom. The second-order valence-corrected chi connectivity index (χ2v) is 3.66. The number of amides is 1. The van der Waals surface area contributed by atoms with Crippen LogP contribution < -0.4 is 5.73 Å². The van der Waals surface area contributed by atoms with Crippen LogP contribution >= 0.6 is 0 Å². The van der Waals surface area contributed by atoms with Crippen LogP contribution in [0.3, 0.4) is 0 Å². The summed E-state index contributed by atoms with van der Waals surface area (Å²) in [6.45, 7) is 2.91. The molecule has 74 valence electrons. The Bertz CT molecular complexity index is 201. The molecule has 0 bridgehead atoms. The molecule has 1 aliphatic carbocycles. The topological polar surface area (TPSA) is 52.3 Å². The highest BCUT2D eigenvalue weighted by Crippen LogP contribution is 2.24. The van der Waals surface area contributed by atoms with Gasteiger partial charge in [0, 0.05) is 0 Å². The highest BCUT2D eigenvalue weighted by atomic mass is 16.5. The van der Waals surface area contributed by atoms with Crippen LogP contribution in [0, 0.1) is 11.8 Å². The van der Waals surface area contributed by atoms with Gasteiger partial charge < -0.3 is 10.5 Å². The van der Waals surface area contributed by atoms with Crippen molar-refractivity contribution in [2.75, 3.05) is 13.2 Å². The van der Waals surface area contributed by atoms with Crippen LogP contribution in [0.4, 0.5) is 0 Å². The monoisotopic (exact) mass is 183 g/mol. The van der Waals surface area contributed by atoms with E-state index in [0.717, 1.165) is 12.8 Å². The fraction of sp³-hybridized carbons (Fsp3) is 0.700. The Kier molecular flexibility index (Phi) is 3.96. The Morgan fingerprint density at radius 3 is 2.85 bits per heavy atom. The Balaban J connectivity index is 2.20. The van der Waals surface area contributed by atoms with Crippen molar-refractivity contribution in [1.82, 2.24) is 0 Å². The molecule has 0 aromatic rings. The molecular weight excluding hydrogens is 166 g/mol. The second-order valence-electron chi connectivity index (χ2n) is 3.66. The molecule has 0 heterocycles. The van der Waals surface area contributed by atoms with Crippen LogP contribution in [-0.4, -0.2) is 19.1 Å². The summed E-state index contributed by atoms with van der Waals surface area (Å²) in [5.41, 5.74) is 4.96. The lowest BCUT2D eigenvalue weighted by atomic mass is 9.85. The minimum absolute atomic E-state index is 0.0485. The van der Waals surface area contributed by atoms with E-state index in [2.05, 4.69) is 19.1 Å². The van der Waals surface area contributed by atoms with Crippen molar-refractivity contribution in [3.8, 4) is 0 Å². The quantitative estimate of drug-likeness (QED) is 0.663. The number of nitrogens with two attached hydrogens (primary N) is 1. The smallest absolute Gasteiger partial charge is 0.243 e. The average Bonchev–Trinajstić information content (AvgIpc) is 2.08. The summed E-state index contributed by atoms with van der Waals surface area (Å²) in [5.74, 6) is 0.807. The van der Waals surface area contributed by atoms with Gasteiger partial charge in [-0.3, -0.25) is 4.79 Å². The van der Waals surface area contributed by atoms with Crippen LogP contribution in [0.5, 0.6) is 0 Å². The maximum Gasteiger partial charge on any atom is 0.243 e. The summed E-state index contributed by atoms with van der Waals surface area (Å²) >= 11 is 0. The van der Waals surface area contributed by atoms with E-state index in [0.29, 0.717) is 18.4 Å². The first kappa shape index (κ1) is 10.3. The fourth-order valence-electron chi connectivity index (χ4n) is 1.55. The second kappa shape index (κ2) is 5.02. The predicted molar refractivity (Wildman–Crippen MR) is 51.0 cm³/mol. The number of hydrogen-bond acceptors (Lipinski definition) is 2. The van der Waals surface area contributed by atoms with Crippen LogP contribution in [0.2, 0.25) is 0 Å². The molecule has 0 saturated heterocycles. The zero-order chi connectivity index (χ0) is 9.68. The zero-order valence-corrected chi connectivity index (χ0v) is 8.03. The molecule has 1 rings (SSSR count). The van der Waals surface area contributed by atoms with E-state index < -0.39 is 0 Å². The predicted octanol–water partition coefficient (Wildman–Crippen LogP) is 1.09. The largest absolute Gasteiger partial charge is 0.371 e. The first-order valence-corrected chi connectivity index (χ1v) is 4.71. The van der Waals surface area contributed by atoms with Crippen molar-refractivity contribution in [1.29, 1.82) is 0 Å². The van der Waals surface area contributed by atoms with Crippen LogP contribution in [0.1, 0.15) is 19.8 Å². The van der Waals surface area contributed by atoms with Gasteiger partial charge in [0.05, 0.1) is 6.61 Å². The summed E-state index contributed by atoms with van der Waals surface area (Å²) in [5, 5.41) is 0. The number of ether oxygens (including phenoxy) is 1. The van der Waals surface area contributed by atoms with E-state index >= 15 is 0 Å². The van der Waals surface area contributed by atoms with Gasteiger partial charge in [-0.05, 0) is 24.7 Å². The van der Waals surface area contributed by atoms with E-state index in [1.54, 1.807) is 0 Å². The summed E-state index contributed by atoms with van der Waals surface area (Å²) in [4.78, 5) is 10.4. The number of allylic oxidation sites excluding steroid dienone is 2. The van der Waals surface area contributed by atoms with Gasteiger partial charge in [-0.25, -0.2) is 0 Å². The molecule has 13 heavy (non-hydrogen) atoms. The van der Waals surface area contributed by atoms with Crippen molar-refractivity contribution in [2.24, 2.45) is 17.6 Å². The van der Waals surface area contributed by atoms with Crippen molar-refractivity contribution < 1.29 is 9.53 Å². The first-order valence-electron chi connectivity index (χ1n) is 4.71. The zero-order valence-electron chi connectivity index (χ0n) is 8.03. The molecule has 0 aromatic carbocycles. The fourth-order valence-corrected chi connectivity index (χ4v) is 1.55. The summed E-state index contributed by atoms with van der Waals surface area (Å²) < 4.78 is 5.20. The molecule has 0 spiro atoms. The van der Waals surface area contributed by atoms with Gasteiger partial charge in [-0.15, -0.1) is 0 Å². The van der Waals surface area contributed by atoms with E-state index in [1.807, 2.05) is 0 Å². The van der Waals surface area contributed by atoms with Gasteiger partial charge >= 0.3 is 0 Å². The van der Waals surface area contributed by atoms with Gasteiger partial charge in [0.15, 0.2) is 0 Å². The third kappa shape index (κ3) is 3.59. The normalized spacial score (nSPS) is 27.5. The minimum Gasteiger partial charge on any atom is -0.371 e. The molecule has 0 fully saturated rings. The molecule has 2 atom stereocenters. The van der Waals surface area contributed by atoms with Crippen LogP contribution in [0.15, 0.2) is 12.2 Å². The lowest BCUT2D eigenvalue weighted by molar-refractivity contribution is -0.123. The van der Waals surface area contributed by atoms with Gasteiger partial charge in [0.2, 0.25) is 5.91 Å². The SMILES string of the molecule is CC1CC=CCC1COCC(N)=O. The lowest BCUT2D eigenvalue weighted by Gasteiger charge is -2.24. The van der Waals surface area contributed by atoms with Crippen molar-refractivity contribution in [2.45, 2.75) is 19.8 Å². The van der Waals surface area contributed by atoms with E-state index in [-0.39, 0.29) is 12.5 Å². The molecule has 0 radical (unpaired) electrons. The molecule has 3 heteroatoms. The highest BCUT2D eigenvalue weighted by molar-refractivity contribution is 5.74. The molecule has 0 saturated carbocycles. The van der Waals surface area contributed by atoms with Gasteiger partial charge in [0.25, 0.3) is 0 Å².